The standard InChI is InChI=1S/C23H22ClF5N4O3S/c1-22(25,26)14-5-7-16(8-6-14)37(34,35)33-18-4-2-3-17(24)20(18)21(30-33)32-10-9-31(15-12-36-13-15)11-19(32)23(27,28)29/h2-8,15,19H,9-13H2,1H3. The van der Waals surface area contributed by atoms with E-state index in [9.17, 15) is 30.4 Å². The van der Waals surface area contributed by atoms with E-state index in [1.165, 1.54) is 18.2 Å². The molecule has 3 aromatic rings. The largest absolute Gasteiger partial charge is 0.410 e. The Hall–Kier alpha value is -2.48. The Morgan fingerprint density at radius 2 is 1.70 bits per heavy atom. The summed E-state index contributed by atoms with van der Waals surface area (Å²) in [7, 11) is -4.47. The fraction of sp³-hybridized carbons (Fsp3) is 0.435. The Morgan fingerprint density at radius 3 is 2.27 bits per heavy atom. The maximum Gasteiger partial charge on any atom is 0.410 e. The number of piperazine rings is 1. The molecule has 3 heterocycles. The quantitative estimate of drug-likeness (QED) is 0.426. The fourth-order valence-corrected chi connectivity index (χ4v) is 6.12. The summed E-state index contributed by atoms with van der Waals surface area (Å²) in [4.78, 5) is 2.40. The molecular weight excluding hydrogens is 543 g/mol. The molecule has 14 heteroatoms. The molecule has 2 aliphatic rings. The predicted octanol–water partition coefficient (Wildman–Crippen LogP) is 4.49. The topological polar surface area (TPSA) is 67.7 Å². The Kier molecular flexibility index (Phi) is 6.41. The van der Waals surface area contributed by atoms with Crippen molar-refractivity contribution < 1.29 is 35.1 Å². The number of ether oxygens (including phenoxy) is 1. The molecule has 5 rings (SSSR count). The summed E-state index contributed by atoms with van der Waals surface area (Å²) in [5, 5.41) is 4.23. The summed E-state index contributed by atoms with van der Waals surface area (Å²) in [5.74, 6) is -3.39. The van der Waals surface area contributed by atoms with Crippen LogP contribution in [0.5, 0.6) is 0 Å². The van der Waals surface area contributed by atoms with Gasteiger partial charge in [-0.15, -0.1) is 5.10 Å². The maximum absolute atomic E-state index is 14.2. The Balaban J connectivity index is 1.60. The van der Waals surface area contributed by atoms with E-state index >= 15 is 0 Å². The zero-order valence-electron chi connectivity index (χ0n) is 19.4. The van der Waals surface area contributed by atoms with Crippen molar-refractivity contribution in [1.29, 1.82) is 0 Å². The summed E-state index contributed by atoms with van der Waals surface area (Å²) >= 11 is 6.37. The van der Waals surface area contributed by atoms with Crippen LogP contribution in [0.25, 0.3) is 10.9 Å². The Labute approximate surface area is 214 Å². The van der Waals surface area contributed by atoms with Gasteiger partial charge in [-0.1, -0.05) is 29.8 Å². The van der Waals surface area contributed by atoms with Crippen LogP contribution in [0.15, 0.2) is 47.4 Å². The van der Waals surface area contributed by atoms with Crippen molar-refractivity contribution in [2.45, 2.75) is 36.0 Å². The number of nitrogens with zero attached hydrogens (tertiary/aromatic N) is 4. The van der Waals surface area contributed by atoms with E-state index in [-0.39, 0.29) is 51.3 Å². The van der Waals surface area contributed by atoms with E-state index in [2.05, 4.69) is 5.10 Å². The third-order valence-corrected chi connectivity index (χ3v) is 8.61. The van der Waals surface area contributed by atoms with Crippen LogP contribution in [-0.4, -0.2) is 73.6 Å². The second kappa shape index (κ2) is 9.07. The van der Waals surface area contributed by atoms with Gasteiger partial charge in [0, 0.05) is 32.1 Å². The normalized spacial score (nSPS) is 20.4. The zero-order valence-corrected chi connectivity index (χ0v) is 21.0. The van der Waals surface area contributed by atoms with Crippen LogP contribution in [0.1, 0.15) is 12.5 Å². The van der Waals surface area contributed by atoms with Crippen molar-refractivity contribution in [2.24, 2.45) is 0 Å². The van der Waals surface area contributed by atoms with E-state index in [0.717, 1.165) is 29.2 Å². The smallest absolute Gasteiger partial charge is 0.378 e. The molecule has 1 aromatic heterocycles. The highest BCUT2D eigenvalue weighted by molar-refractivity contribution is 7.90. The van der Waals surface area contributed by atoms with E-state index < -0.39 is 28.2 Å². The summed E-state index contributed by atoms with van der Waals surface area (Å²) < 4.78 is 103. The van der Waals surface area contributed by atoms with Gasteiger partial charge < -0.3 is 9.64 Å². The molecule has 0 N–H and O–H groups in total. The first-order valence-electron chi connectivity index (χ1n) is 11.3. The minimum Gasteiger partial charge on any atom is -0.378 e. The minimum absolute atomic E-state index is 0.0249. The molecule has 37 heavy (non-hydrogen) atoms. The van der Waals surface area contributed by atoms with Gasteiger partial charge in [-0.25, -0.2) is 8.78 Å². The first-order chi connectivity index (χ1) is 17.3. The molecule has 1 unspecified atom stereocenters. The van der Waals surface area contributed by atoms with Crippen molar-refractivity contribution >= 4 is 38.3 Å². The molecule has 1 atom stereocenters. The van der Waals surface area contributed by atoms with Crippen LogP contribution in [0, 0.1) is 0 Å². The molecule has 0 bridgehead atoms. The highest BCUT2D eigenvalue weighted by Gasteiger charge is 2.49. The van der Waals surface area contributed by atoms with Crippen LogP contribution >= 0.6 is 11.6 Å². The number of anilines is 1. The van der Waals surface area contributed by atoms with Crippen molar-refractivity contribution in [3.05, 3.63) is 53.1 Å². The lowest BCUT2D eigenvalue weighted by Gasteiger charge is -2.47. The molecular formula is C23H22ClF5N4O3S. The molecule has 2 aliphatic heterocycles. The molecule has 0 amide bonds. The summed E-state index contributed by atoms with van der Waals surface area (Å²) in [5.41, 5.74) is -0.411. The molecule has 0 saturated carbocycles. The van der Waals surface area contributed by atoms with Crippen molar-refractivity contribution in [1.82, 2.24) is 14.1 Å². The van der Waals surface area contributed by atoms with E-state index in [1.807, 2.05) is 0 Å². The molecule has 0 spiro atoms. The summed E-state index contributed by atoms with van der Waals surface area (Å²) in [6.45, 7) is 1.28. The number of fused-ring (bicyclic) bond motifs is 1. The van der Waals surface area contributed by atoms with Gasteiger partial charge >= 0.3 is 6.18 Å². The first-order valence-corrected chi connectivity index (χ1v) is 13.2. The number of hydrogen-bond acceptors (Lipinski definition) is 6. The van der Waals surface area contributed by atoms with Gasteiger partial charge in [0.1, 0.15) is 6.04 Å². The van der Waals surface area contributed by atoms with Gasteiger partial charge in [-0.3, -0.25) is 4.90 Å². The first kappa shape index (κ1) is 26.1. The maximum atomic E-state index is 14.2. The van der Waals surface area contributed by atoms with Gasteiger partial charge in [0.05, 0.1) is 40.1 Å². The second-order valence-electron chi connectivity index (χ2n) is 9.16. The number of benzene rings is 2. The van der Waals surface area contributed by atoms with Crippen LogP contribution in [0.4, 0.5) is 27.8 Å². The highest BCUT2D eigenvalue weighted by atomic mass is 35.5. The highest BCUT2D eigenvalue weighted by Crippen LogP contribution is 2.39. The van der Waals surface area contributed by atoms with Gasteiger partial charge in [0.15, 0.2) is 5.82 Å². The van der Waals surface area contributed by atoms with Gasteiger partial charge in [-0.05, 0) is 24.3 Å². The van der Waals surface area contributed by atoms with Crippen LogP contribution in [-0.2, 0) is 20.7 Å². The van der Waals surface area contributed by atoms with Gasteiger partial charge in [-0.2, -0.15) is 25.7 Å². The lowest BCUT2D eigenvalue weighted by Crippen LogP contribution is -2.64. The number of rotatable bonds is 5. The molecule has 2 fully saturated rings. The van der Waals surface area contributed by atoms with Crippen molar-refractivity contribution in [3.63, 3.8) is 0 Å². The molecule has 2 aromatic carbocycles. The lowest BCUT2D eigenvalue weighted by molar-refractivity contribution is -0.165. The third-order valence-electron chi connectivity index (χ3n) is 6.69. The third kappa shape index (κ3) is 4.66. The number of hydrogen-bond donors (Lipinski definition) is 0. The molecule has 0 radical (unpaired) electrons. The summed E-state index contributed by atoms with van der Waals surface area (Å²) in [6.07, 6.45) is -4.64. The Bertz CT molecular complexity index is 1420. The van der Waals surface area contributed by atoms with E-state index in [1.54, 1.807) is 4.90 Å². The average Bonchev–Trinajstić information content (AvgIpc) is 3.19. The average molecular weight is 565 g/mol. The lowest BCUT2D eigenvalue weighted by atomic mass is 10.1. The van der Waals surface area contributed by atoms with Gasteiger partial charge in [0.2, 0.25) is 0 Å². The Morgan fingerprint density at radius 1 is 1.03 bits per heavy atom. The zero-order chi connectivity index (χ0) is 26.8. The monoisotopic (exact) mass is 564 g/mol. The molecule has 200 valence electrons. The van der Waals surface area contributed by atoms with Crippen LogP contribution in [0.2, 0.25) is 5.02 Å². The van der Waals surface area contributed by atoms with Gasteiger partial charge in [0.25, 0.3) is 15.9 Å². The van der Waals surface area contributed by atoms with Crippen LogP contribution < -0.4 is 4.90 Å². The van der Waals surface area contributed by atoms with Crippen LogP contribution in [0.3, 0.4) is 0 Å². The molecule has 2 saturated heterocycles. The van der Waals surface area contributed by atoms with E-state index in [0.29, 0.717) is 30.8 Å². The number of halogens is 6. The summed E-state index contributed by atoms with van der Waals surface area (Å²) in [6, 6.07) is 6.20. The number of alkyl halides is 5. The minimum atomic E-state index is -4.64. The SMILES string of the molecule is CC(F)(F)c1ccc(S(=O)(=O)n2nc(N3CCN(C4COC4)CC3C(F)(F)F)c3c(Cl)cccc32)cc1. The van der Waals surface area contributed by atoms with Crippen molar-refractivity contribution in [2.75, 3.05) is 37.7 Å². The van der Waals surface area contributed by atoms with E-state index in [4.69, 9.17) is 16.3 Å². The molecule has 0 aliphatic carbocycles. The fourth-order valence-electron chi connectivity index (χ4n) is 4.59. The van der Waals surface area contributed by atoms with Crippen molar-refractivity contribution in [3.8, 4) is 0 Å². The second-order valence-corrected chi connectivity index (χ2v) is 11.3. The molecule has 7 nitrogen and oxygen atoms in total. The predicted molar refractivity (Wildman–Crippen MR) is 127 cm³/mol. The number of aromatic nitrogens is 2.